The van der Waals surface area contributed by atoms with Crippen molar-refractivity contribution in [3.8, 4) is 5.75 Å². The van der Waals surface area contributed by atoms with Crippen LogP contribution in [-0.4, -0.2) is 21.9 Å². The van der Waals surface area contributed by atoms with Crippen molar-refractivity contribution < 1.29 is 19.8 Å². The number of Topliss-reactive ketones (excluding diaryl/α,β-unsaturated/α-hetero) is 1. The molecule has 1 heterocycles. The van der Waals surface area contributed by atoms with Gasteiger partial charge in [0.1, 0.15) is 11.5 Å². The van der Waals surface area contributed by atoms with E-state index in [9.17, 15) is 19.8 Å². The van der Waals surface area contributed by atoms with Crippen LogP contribution in [0.2, 0.25) is 0 Å². The van der Waals surface area contributed by atoms with E-state index in [0.29, 0.717) is 16.8 Å². The molecule has 3 N–H and O–H groups in total. The van der Waals surface area contributed by atoms with Crippen LogP contribution in [0.15, 0.2) is 109 Å². The topological polar surface area (TPSA) is 89.9 Å². The summed E-state index contributed by atoms with van der Waals surface area (Å²) in [7, 11) is 0. The average Bonchev–Trinajstić information content (AvgIpc) is 3.20. The second-order valence-electron chi connectivity index (χ2n) is 8.85. The van der Waals surface area contributed by atoms with Gasteiger partial charge in [0.15, 0.2) is 0 Å². The number of nitrogens with zero attached hydrogens (tertiary/aromatic N) is 1. The van der Waals surface area contributed by atoms with Gasteiger partial charge < -0.3 is 15.5 Å². The Morgan fingerprint density at radius 2 is 1.43 bits per heavy atom. The summed E-state index contributed by atoms with van der Waals surface area (Å²) >= 11 is 0. The number of carbonyl (C=O) groups is 2. The molecule has 4 aromatic carbocycles. The zero-order chi connectivity index (χ0) is 25.9. The maximum atomic E-state index is 13.3. The van der Waals surface area contributed by atoms with Crippen molar-refractivity contribution >= 4 is 34.5 Å². The standard InChI is InChI=1S/C31H26N2O4/c1-2-20-8-10-22(11-9-20)29(35)27-28(21-12-18-26(34)19-13-21)33(31(37)30(27)36)25-16-14-24(15-17-25)32-23-6-4-3-5-7-23/h3-19,28,32,34-35H,2H2,1H3/b29-27+. The molecule has 6 nitrogen and oxygen atoms in total. The summed E-state index contributed by atoms with van der Waals surface area (Å²) in [5.41, 5.74) is 4.41. The Morgan fingerprint density at radius 3 is 2.05 bits per heavy atom. The number of aliphatic hydroxyl groups is 1. The van der Waals surface area contributed by atoms with E-state index in [0.717, 1.165) is 23.4 Å². The van der Waals surface area contributed by atoms with Crippen molar-refractivity contribution in [1.29, 1.82) is 0 Å². The summed E-state index contributed by atoms with van der Waals surface area (Å²) in [6.45, 7) is 2.03. The number of hydrogen-bond donors (Lipinski definition) is 3. The smallest absolute Gasteiger partial charge is 0.300 e. The molecular weight excluding hydrogens is 464 g/mol. The minimum Gasteiger partial charge on any atom is -0.508 e. The summed E-state index contributed by atoms with van der Waals surface area (Å²) in [6.07, 6.45) is 0.841. The number of phenolic OH excluding ortho intramolecular Hbond substituents is 1. The minimum absolute atomic E-state index is 0.00595. The first-order chi connectivity index (χ1) is 18.0. The van der Waals surface area contributed by atoms with Gasteiger partial charge in [-0.05, 0) is 66.1 Å². The predicted molar refractivity (Wildman–Crippen MR) is 145 cm³/mol. The van der Waals surface area contributed by atoms with Gasteiger partial charge in [0.25, 0.3) is 11.7 Å². The maximum Gasteiger partial charge on any atom is 0.300 e. The van der Waals surface area contributed by atoms with Crippen molar-refractivity contribution in [2.24, 2.45) is 0 Å². The lowest BCUT2D eigenvalue weighted by molar-refractivity contribution is -0.132. The number of nitrogens with one attached hydrogen (secondary N) is 1. The Balaban J connectivity index is 1.57. The fourth-order valence-corrected chi connectivity index (χ4v) is 4.52. The monoisotopic (exact) mass is 490 g/mol. The quantitative estimate of drug-likeness (QED) is 0.167. The number of aromatic hydroxyl groups is 1. The molecule has 1 aliphatic heterocycles. The SMILES string of the molecule is CCc1ccc(/C(O)=C2\C(=O)C(=O)N(c3ccc(Nc4ccccc4)cc3)C2c2ccc(O)cc2)cc1. The lowest BCUT2D eigenvalue weighted by Gasteiger charge is -2.25. The minimum atomic E-state index is -0.862. The molecule has 184 valence electrons. The molecule has 37 heavy (non-hydrogen) atoms. The number of anilines is 3. The molecule has 5 rings (SSSR count). The zero-order valence-corrected chi connectivity index (χ0v) is 20.3. The van der Waals surface area contributed by atoms with Crippen LogP contribution >= 0.6 is 0 Å². The molecule has 1 amide bonds. The van der Waals surface area contributed by atoms with E-state index in [2.05, 4.69) is 5.32 Å². The fraction of sp³-hybridized carbons (Fsp3) is 0.0968. The second kappa shape index (κ2) is 10.0. The molecule has 4 aromatic rings. The highest BCUT2D eigenvalue weighted by Gasteiger charge is 2.46. The average molecular weight is 491 g/mol. The molecule has 0 spiro atoms. The Hall–Kier alpha value is -4.84. The third-order valence-corrected chi connectivity index (χ3v) is 6.50. The highest BCUT2D eigenvalue weighted by atomic mass is 16.3. The van der Waals surface area contributed by atoms with Crippen LogP contribution in [0.5, 0.6) is 5.75 Å². The predicted octanol–water partition coefficient (Wildman–Crippen LogP) is 6.32. The van der Waals surface area contributed by atoms with Gasteiger partial charge in [0.2, 0.25) is 0 Å². The van der Waals surface area contributed by atoms with Crippen LogP contribution in [0.1, 0.15) is 29.7 Å². The Labute approximate surface area is 215 Å². The van der Waals surface area contributed by atoms with E-state index < -0.39 is 17.7 Å². The molecule has 0 radical (unpaired) electrons. The lowest BCUT2D eigenvalue weighted by Crippen LogP contribution is -2.29. The van der Waals surface area contributed by atoms with E-state index in [4.69, 9.17) is 0 Å². The summed E-state index contributed by atoms with van der Waals surface area (Å²) in [6, 6.07) is 29.6. The second-order valence-corrected chi connectivity index (χ2v) is 8.85. The van der Waals surface area contributed by atoms with Crippen LogP contribution < -0.4 is 10.2 Å². The molecule has 1 fully saturated rings. The summed E-state index contributed by atoms with van der Waals surface area (Å²) in [5, 5.41) is 24.4. The summed E-state index contributed by atoms with van der Waals surface area (Å²) in [5.74, 6) is -1.66. The lowest BCUT2D eigenvalue weighted by atomic mass is 9.94. The highest BCUT2D eigenvalue weighted by Crippen LogP contribution is 2.42. The first kappa shape index (κ1) is 23.9. The molecule has 1 aliphatic rings. The molecule has 1 saturated heterocycles. The van der Waals surface area contributed by atoms with Crippen molar-refractivity contribution in [1.82, 2.24) is 0 Å². The molecular formula is C31H26N2O4. The van der Waals surface area contributed by atoms with Crippen LogP contribution in [0.3, 0.4) is 0 Å². The van der Waals surface area contributed by atoms with E-state index in [1.165, 1.54) is 17.0 Å². The number of carbonyl (C=O) groups excluding carboxylic acids is 2. The number of benzene rings is 4. The number of amides is 1. The van der Waals surface area contributed by atoms with Crippen LogP contribution in [0.25, 0.3) is 5.76 Å². The number of aryl methyl sites for hydroxylation is 1. The molecule has 6 heteroatoms. The maximum absolute atomic E-state index is 13.3. The van der Waals surface area contributed by atoms with Gasteiger partial charge in [0.05, 0.1) is 11.6 Å². The number of ketones is 1. The zero-order valence-electron chi connectivity index (χ0n) is 20.3. The first-order valence-corrected chi connectivity index (χ1v) is 12.1. The van der Waals surface area contributed by atoms with Crippen molar-refractivity contribution in [3.05, 3.63) is 125 Å². The number of para-hydroxylation sites is 1. The fourth-order valence-electron chi connectivity index (χ4n) is 4.52. The summed E-state index contributed by atoms with van der Waals surface area (Å²) < 4.78 is 0. The van der Waals surface area contributed by atoms with Gasteiger partial charge in [-0.2, -0.15) is 0 Å². The molecule has 0 aliphatic carbocycles. The van der Waals surface area contributed by atoms with Gasteiger partial charge in [-0.3, -0.25) is 14.5 Å². The van der Waals surface area contributed by atoms with E-state index >= 15 is 0 Å². The van der Waals surface area contributed by atoms with E-state index in [1.54, 1.807) is 36.4 Å². The third kappa shape index (κ3) is 4.69. The Morgan fingerprint density at radius 1 is 0.811 bits per heavy atom. The normalized spacial score (nSPS) is 16.7. The van der Waals surface area contributed by atoms with E-state index in [1.807, 2.05) is 61.5 Å². The van der Waals surface area contributed by atoms with E-state index in [-0.39, 0.29) is 17.1 Å². The van der Waals surface area contributed by atoms with Gasteiger partial charge in [-0.25, -0.2) is 0 Å². The van der Waals surface area contributed by atoms with Crippen molar-refractivity contribution in [2.75, 3.05) is 10.2 Å². The van der Waals surface area contributed by atoms with Crippen LogP contribution in [-0.2, 0) is 16.0 Å². The Bertz CT molecular complexity index is 1460. The van der Waals surface area contributed by atoms with Gasteiger partial charge >= 0.3 is 0 Å². The highest BCUT2D eigenvalue weighted by molar-refractivity contribution is 6.51. The summed E-state index contributed by atoms with van der Waals surface area (Å²) in [4.78, 5) is 28.1. The van der Waals surface area contributed by atoms with Crippen LogP contribution in [0.4, 0.5) is 17.1 Å². The molecule has 1 unspecified atom stereocenters. The largest absolute Gasteiger partial charge is 0.508 e. The Kier molecular flexibility index (Phi) is 6.47. The molecule has 0 bridgehead atoms. The van der Waals surface area contributed by atoms with Crippen LogP contribution in [0, 0.1) is 0 Å². The van der Waals surface area contributed by atoms with Gasteiger partial charge in [-0.15, -0.1) is 0 Å². The molecule has 1 atom stereocenters. The molecule has 0 aromatic heterocycles. The number of phenols is 1. The molecule has 0 saturated carbocycles. The number of rotatable bonds is 6. The van der Waals surface area contributed by atoms with Crippen molar-refractivity contribution in [2.45, 2.75) is 19.4 Å². The third-order valence-electron chi connectivity index (χ3n) is 6.50. The van der Waals surface area contributed by atoms with Crippen molar-refractivity contribution in [3.63, 3.8) is 0 Å². The number of hydrogen-bond acceptors (Lipinski definition) is 5. The first-order valence-electron chi connectivity index (χ1n) is 12.1. The van der Waals surface area contributed by atoms with Gasteiger partial charge in [-0.1, -0.05) is 61.5 Å². The van der Waals surface area contributed by atoms with Gasteiger partial charge in [0, 0.05) is 22.6 Å². The number of aliphatic hydroxyl groups excluding tert-OH is 1.